The van der Waals surface area contributed by atoms with Crippen molar-refractivity contribution >= 4 is 12.1 Å². The Bertz CT molecular complexity index is 363. The molecule has 1 aliphatic rings. The Kier molecular flexibility index (Phi) is 4.86. The first-order valence-corrected chi connectivity index (χ1v) is 6.29. The Balaban J connectivity index is 2.65. The molecule has 0 saturated heterocycles. The largest absolute Gasteiger partial charge is 0.299 e. The average Bonchev–Trinajstić information content (AvgIpc) is 2.43. The van der Waals surface area contributed by atoms with Crippen LogP contribution in [0.25, 0.3) is 0 Å². The number of allylic oxidation sites excluding steroid dienone is 4. The summed E-state index contributed by atoms with van der Waals surface area (Å²) in [7, 11) is 0. The van der Waals surface area contributed by atoms with Gasteiger partial charge in [-0.3, -0.25) is 9.59 Å². The molecule has 1 aliphatic carbocycles. The molecule has 2 heteroatoms. The van der Waals surface area contributed by atoms with Crippen LogP contribution in [0.4, 0.5) is 0 Å². The van der Waals surface area contributed by atoms with Gasteiger partial charge in [-0.15, -0.1) is 0 Å². The molecule has 2 nitrogen and oxygen atoms in total. The first kappa shape index (κ1) is 13.9. The second kappa shape index (κ2) is 5.95. The predicted octanol–water partition coefficient (Wildman–Crippen LogP) is 3.62. The van der Waals surface area contributed by atoms with E-state index in [2.05, 4.69) is 19.9 Å². The zero-order valence-corrected chi connectivity index (χ0v) is 11.1. The van der Waals surface area contributed by atoms with Crippen LogP contribution in [0.3, 0.4) is 0 Å². The van der Waals surface area contributed by atoms with Crippen LogP contribution in [0.1, 0.15) is 52.9 Å². The molecule has 17 heavy (non-hydrogen) atoms. The number of hydrogen-bond acceptors (Lipinski definition) is 2. The van der Waals surface area contributed by atoms with Crippen molar-refractivity contribution in [3.63, 3.8) is 0 Å². The minimum Gasteiger partial charge on any atom is -0.299 e. The summed E-state index contributed by atoms with van der Waals surface area (Å²) < 4.78 is 0. The van der Waals surface area contributed by atoms with Crippen LogP contribution in [-0.2, 0) is 9.59 Å². The molecular formula is C15H22O2. The highest BCUT2D eigenvalue weighted by molar-refractivity contribution is 5.85. The van der Waals surface area contributed by atoms with E-state index in [-0.39, 0.29) is 5.41 Å². The van der Waals surface area contributed by atoms with E-state index in [0.717, 1.165) is 37.5 Å². The maximum Gasteiger partial charge on any atom is 0.145 e. The molecule has 0 aromatic heterocycles. The molecule has 0 bridgehead atoms. The predicted molar refractivity (Wildman–Crippen MR) is 69.8 cm³/mol. The molecule has 0 aliphatic heterocycles. The van der Waals surface area contributed by atoms with Crippen LogP contribution in [0.2, 0.25) is 0 Å². The molecule has 0 heterocycles. The van der Waals surface area contributed by atoms with Gasteiger partial charge < -0.3 is 0 Å². The summed E-state index contributed by atoms with van der Waals surface area (Å²) in [5.74, 6) is 0.364. The van der Waals surface area contributed by atoms with Gasteiger partial charge in [-0.2, -0.15) is 0 Å². The Morgan fingerprint density at radius 2 is 2.18 bits per heavy atom. The van der Waals surface area contributed by atoms with Crippen LogP contribution in [0.5, 0.6) is 0 Å². The van der Waals surface area contributed by atoms with Crippen molar-refractivity contribution in [3.8, 4) is 0 Å². The molecule has 0 aromatic carbocycles. The monoisotopic (exact) mass is 234 g/mol. The third-order valence-electron chi connectivity index (χ3n) is 3.67. The van der Waals surface area contributed by atoms with Crippen molar-refractivity contribution in [2.24, 2.45) is 5.41 Å². The molecule has 1 unspecified atom stereocenters. The fourth-order valence-corrected chi connectivity index (χ4v) is 2.14. The highest BCUT2D eigenvalue weighted by Gasteiger charge is 2.32. The topological polar surface area (TPSA) is 34.1 Å². The summed E-state index contributed by atoms with van der Waals surface area (Å²) in [5.41, 5.74) is 1.83. The Hall–Kier alpha value is -1.18. The summed E-state index contributed by atoms with van der Waals surface area (Å²) in [5, 5.41) is 0. The molecule has 0 saturated carbocycles. The van der Waals surface area contributed by atoms with Crippen LogP contribution in [0, 0.1) is 5.41 Å². The van der Waals surface area contributed by atoms with Crippen molar-refractivity contribution in [1.29, 1.82) is 0 Å². The zero-order valence-electron chi connectivity index (χ0n) is 11.1. The first-order valence-electron chi connectivity index (χ1n) is 6.29. The number of ketones is 1. The van der Waals surface area contributed by atoms with E-state index >= 15 is 0 Å². The second-order valence-corrected chi connectivity index (χ2v) is 5.34. The molecule has 0 spiro atoms. The summed E-state index contributed by atoms with van der Waals surface area (Å²) in [6.07, 6.45) is 9.02. The Morgan fingerprint density at radius 1 is 1.47 bits per heavy atom. The van der Waals surface area contributed by atoms with E-state index in [1.807, 2.05) is 6.08 Å². The minimum atomic E-state index is -0.239. The van der Waals surface area contributed by atoms with Crippen molar-refractivity contribution in [2.45, 2.75) is 52.9 Å². The molecule has 0 N–H and O–H groups in total. The number of aldehydes is 1. The lowest BCUT2D eigenvalue weighted by molar-refractivity contribution is -0.127. The molecule has 1 atom stereocenters. The van der Waals surface area contributed by atoms with Gasteiger partial charge in [0.25, 0.3) is 0 Å². The lowest BCUT2D eigenvalue weighted by Crippen LogP contribution is -2.26. The third kappa shape index (κ3) is 3.95. The number of carbonyl (C=O) groups is 2. The van der Waals surface area contributed by atoms with Crippen molar-refractivity contribution in [2.75, 3.05) is 0 Å². The fraction of sp³-hybridized carbons (Fsp3) is 0.600. The number of Topliss-reactive ketones (excluding diaryl/α,β-unsaturated/α-hetero) is 1. The van der Waals surface area contributed by atoms with E-state index in [1.165, 1.54) is 5.57 Å². The van der Waals surface area contributed by atoms with Gasteiger partial charge in [-0.1, -0.05) is 24.6 Å². The average molecular weight is 234 g/mol. The summed E-state index contributed by atoms with van der Waals surface area (Å²) in [6, 6.07) is 0. The second-order valence-electron chi connectivity index (χ2n) is 5.34. The molecule has 94 valence electrons. The molecule has 1 rings (SSSR count). The summed E-state index contributed by atoms with van der Waals surface area (Å²) in [6.45, 7) is 5.94. The summed E-state index contributed by atoms with van der Waals surface area (Å²) in [4.78, 5) is 22.6. The van der Waals surface area contributed by atoms with Crippen molar-refractivity contribution in [1.82, 2.24) is 0 Å². The van der Waals surface area contributed by atoms with Crippen LogP contribution in [0.15, 0.2) is 23.3 Å². The van der Waals surface area contributed by atoms with Gasteiger partial charge in [0.05, 0.1) is 0 Å². The van der Waals surface area contributed by atoms with Crippen LogP contribution < -0.4 is 0 Å². The van der Waals surface area contributed by atoms with Gasteiger partial charge in [0, 0.05) is 11.8 Å². The minimum absolute atomic E-state index is 0.239. The lowest BCUT2D eigenvalue weighted by atomic mass is 9.77. The van der Waals surface area contributed by atoms with Crippen molar-refractivity contribution < 1.29 is 9.59 Å². The van der Waals surface area contributed by atoms with Crippen LogP contribution in [-0.4, -0.2) is 12.1 Å². The van der Waals surface area contributed by atoms with Crippen molar-refractivity contribution in [3.05, 3.63) is 23.3 Å². The molecule has 0 radical (unpaired) electrons. The maximum atomic E-state index is 12.1. The van der Waals surface area contributed by atoms with Gasteiger partial charge in [-0.25, -0.2) is 0 Å². The zero-order chi connectivity index (χ0) is 12.9. The first-order chi connectivity index (χ1) is 7.98. The third-order valence-corrected chi connectivity index (χ3v) is 3.67. The normalized spacial score (nSPS) is 26.4. The van der Waals surface area contributed by atoms with Gasteiger partial charge in [0.1, 0.15) is 12.1 Å². The SMILES string of the molecule is CC1=CCC(C)(CC/C=C(\C)C=O)C(=O)CC1. The van der Waals surface area contributed by atoms with Gasteiger partial charge in [-0.05, 0) is 45.1 Å². The Morgan fingerprint density at radius 3 is 2.82 bits per heavy atom. The number of rotatable bonds is 4. The van der Waals surface area contributed by atoms with Gasteiger partial charge in [0.15, 0.2) is 0 Å². The highest BCUT2D eigenvalue weighted by Crippen LogP contribution is 2.35. The maximum absolute atomic E-state index is 12.1. The standard InChI is InChI=1S/C15H22O2/c1-12-6-7-14(17)15(3,10-8-12)9-4-5-13(2)11-16/h5,8,11H,4,6-7,9-10H2,1-3H3/b13-5+. The fourth-order valence-electron chi connectivity index (χ4n) is 2.14. The van der Waals surface area contributed by atoms with Crippen LogP contribution >= 0.6 is 0 Å². The van der Waals surface area contributed by atoms with E-state index in [9.17, 15) is 9.59 Å². The molecule has 0 fully saturated rings. The van der Waals surface area contributed by atoms with E-state index < -0.39 is 0 Å². The highest BCUT2D eigenvalue weighted by atomic mass is 16.1. The lowest BCUT2D eigenvalue weighted by Gasteiger charge is -2.25. The smallest absolute Gasteiger partial charge is 0.145 e. The molecule has 0 aromatic rings. The van der Waals surface area contributed by atoms with E-state index in [0.29, 0.717) is 12.2 Å². The van der Waals surface area contributed by atoms with Gasteiger partial charge in [0.2, 0.25) is 0 Å². The number of carbonyl (C=O) groups excluding carboxylic acids is 2. The van der Waals surface area contributed by atoms with E-state index in [4.69, 9.17) is 0 Å². The summed E-state index contributed by atoms with van der Waals surface area (Å²) >= 11 is 0. The molecule has 0 amide bonds. The molecular weight excluding hydrogens is 212 g/mol. The number of hydrogen-bond donors (Lipinski definition) is 0. The Labute approximate surface area is 104 Å². The van der Waals surface area contributed by atoms with E-state index in [1.54, 1.807) is 6.92 Å². The van der Waals surface area contributed by atoms with Gasteiger partial charge >= 0.3 is 0 Å². The quantitative estimate of drug-likeness (QED) is 0.423.